The molecule has 0 radical (unpaired) electrons. The molecule has 0 saturated carbocycles. The maximum atomic E-state index is 12.5. The lowest BCUT2D eigenvalue weighted by molar-refractivity contribution is 0.250. The third-order valence-electron chi connectivity index (χ3n) is 1.90. The highest BCUT2D eigenvalue weighted by Crippen LogP contribution is 2.46. The number of hydrogen-bond donors (Lipinski definition) is 0. The molecule has 0 bridgehead atoms. The molecule has 2 nitrogen and oxygen atoms in total. The molecule has 1 rings (SSSR count). The maximum absolute atomic E-state index is 12.5. The zero-order valence-corrected chi connectivity index (χ0v) is 10.1. The summed E-state index contributed by atoms with van der Waals surface area (Å²) in [5.41, 5.74) is 0. The zero-order chi connectivity index (χ0) is 11.3. The molecule has 1 atom stereocenters. The van der Waals surface area contributed by atoms with Crippen LogP contribution in [0.25, 0.3) is 0 Å². The molecule has 0 fully saturated rings. The number of rotatable bonds is 5. The van der Waals surface area contributed by atoms with Crippen molar-refractivity contribution in [1.29, 1.82) is 0 Å². The third kappa shape index (κ3) is 3.33. The molecule has 15 heavy (non-hydrogen) atoms. The van der Waals surface area contributed by atoms with Gasteiger partial charge >= 0.3 is 0 Å². The summed E-state index contributed by atoms with van der Waals surface area (Å²) in [6.45, 7) is 7.40. The quantitative estimate of drug-likeness (QED) is 0.567. The lowest BCUT2D eigenvalue weighted by Gasteiger charge is -2.19. The van der Waals surface area contributed by atoms with Crippen LogP contribution in [0.5, 0.6) is 0 Å². The Labute approximate surface area is 91.4 Å². The van der Waals surface area contributed by atoms with E-state index in [9.17, 15) is 4.57 Å². The Balaban J connectivity index is 3.01. The highest BCUT2D eigenvalue weighted by Gasteiger charge is 2.25. The van der Waals surface area contributed by atoms with Crippen molar-refractivity contribution in [3.63, 3.8) is 0 Å². The van der Waals surface area contributed by atoms with E-state index in [1.807, 2.05) is 44.2 Å². The van der Waals surface area contributed by atoms with E-state index in [0.717, 1.165) is 5.30 Å². The molecule has 0 heterocycles. The van der Waals surface area contributed by atoms with Crippen molar-refractivity contribution in [3.05, 3.63) is 43.0 Å². The third-order valence-corrected chi connectivity index (χ3v) is 4.49. The first-order valence-electron chi connectivity index (χ1n) is 5.02. The molecule has 0 aliphatic carbocycles. The van der Waals surface area contributed by atoms with Crippen LogP contribution in [0.2, 0.25) is 0 Å². The number of hydrogen-bond acceptors (Lipinski definition) is 2. The van der Waals surface area contributed by atoms with Crippen molar-refractivity contribution < 1.29 is 9.09 Å². The number of benzene rings is 1. The molecular weight excluding hydrogens is 207 g/mol. The summed E-state index contributed by atoms with van der Waals surface area (Å²) in [5.74, 6) is 0. The van der Waals surface area contributed by atoms with Crippen LogP contribution >= 0.6 is 7.37 Å². The van der Waals surface area contributed by atoms with E-state index in [1.165, 1.54) is 0 Å². The van der Waals surface area contributed by atoms with Crippen LogP contribution in [-0.2, 0) is 9.09 Å². The van der Waals surface area contributed by atoms with Gasteiger partial charge in [-0.05, 0) is 26.0 Å². The average Bonchev–Trinajstić information content (AvgIpc) is 2.18. The lowest BCUT2D eigenvalue weighted by Crippen LogP contribution is -2.13. The van der Waals surface area contributed by atoms with Gasteiger partial charge in [-0.25, -0.2) is 0 Å². The predicted octanol–water partition coefficient (Wildman–Crippen LogP) is 3.20. The Bertz CT molecular complexity index is 357. The van der Waals surface area contributed by atoms with Crippen molar-refractivity contribution >= 4 is 12.7 Å². The van der Waals surface area contributed by atoms with Crippen LogP contribution in [0.3, 0.4) is 0 Å². The summed E-state index contributed by atoms with van der Waals surface area (Å²) in [6, 6.07) is 9.32. The van der Waals surface area contributed by atoms with Gasteiger partial charge in [0.15, 0.2) is 0 Å². The summed E-state index contributed by atoms with van der Waals surface area (Å²) in [5, 5.41) is 0.763. The molecular formula is C12H17O2P. The van der Waals surface area contributed by atoms with Crippen LogP contribution in [0.15, 0.2) is 43.0 Å². The minimum atomic E-state index is -2.75. The van der Waals surface area contributed by atoms with Crippen molar-refractivity contribution in [3.8, 4) is 0 Å². The van der Waals surface area contributed by atoms with Crippen molar-refractivity contribution in [2.24, 2.45) is 0 Å². The summed E-state index contributed by atoms with van der Waals surface area (Å²) < 4.78 is 18.1. The molecule has 1 unspecified atom stereocenters. The fourth-order valence-electron chi connectivity index (χ4n) is 1.37. The van der Waals surface area contributed by atoms with Gasteiger partial charge < -0.3 is 4.52 Å². The second-order valence-corrected chi connectivity index (χ2v) is 6.07. The van der Waals surface area contributed by atoms with Gasteiger partial charge in [-0.1, -0.05) is 24.3 Å². The Kier molecular flexibility index (Phi) is 4.31. The topological polar surface area (TPSA) is 26.3 Å². The first-order valence-corrected chi connectivity index (χ1v) is 6.83. The average molecular weight is 224 g/mol. The smallest absolute Gasteiger partial charge is 0.236 e. The molecule has 82 valence electrons. The standard InChI is InChI=1S/C12H17O2P/c1-4-10-15(13,14-11(2)3)12-8-6-5-7-9-12/h4-9,11H,1,10H2,2-3H3. The second-order valence-electron chi connectivity index (χ2n) is 3.63. The van der Waals surface area contributed by atoms with Crippen LogP contribution < -0.4 is 5.30 Å². The molecule has 1 aromatic rings. The maximum Gasteiger partial charge on any atom is 0.236 e. The fourth-order valence-corrected chi connectivity index (χ4v) is 3.44. The highest BCUT2D eigenvalue weighted by atomic mass is 31.2. The Morgan fingerprint density at radius 1 is 1.40 bits per heavy atom. The van der Waals surface area contributed by atoms with Gasteiger partial charge in [-0.15, -0.1) is 6.58 Å². The van der Waals surface area contributed by atoms with Gasteiger partial charge in [0.1, 0.15) is 0 Å². The lowest BCUT2D eigenvalue weighted by atomic mass is 10.4. The van der Waals surface area contributed by atoms with E-state index in [-0.39, 0.29) is 6.10 Å². The normalized spacial score (nSPS) is 14.9. The predicted molar refractivity (Wildman–Crippen MR) is 65.0 cm³/mol. The van der Waals surface area contributed by atoms with Crippen LogP contribution in [0.4, 0.5) is 0 Å². The van der Waals surface area contributed by atoms with E-state index in [0.29, 0.717) is 6.16 Å². The largest absolute Gasteiger partial charge is 0.322 e. The fraction of sp³-hybridized carbons (Fsp3) is 0.333. The summed E-state index contributed by atoms with van der Waals surface area (Å²) in [4.78, 5) is 0. The SMILES string of the molecule is C=CCP(=O)(OC(C)C)c1ccccc1. The first kappa shape index (κ1) is 12.2. The monoisotopic (exact) mass is 224 g/mol. The Morgan fingerprint density at radius 3 is 2.47 bits per heavy atom. The van der Waals surface area contributed by atoms with Crippen LogP contribution in [-0.4, -0.2) is 12.3 Å². The molecule has 0 spiro atoms. The van der Waals surface area contributed by atoms with Crippen LogP contribution in [0.1, 0.15) is 13.8 Å². The molecule has 0 amide bonds. The van der Waals surface area contributed by atoms with E-state index < -0.39 is 7.37 Å². The van der Waals surface area contributed by atoms with Crippen molar-refractivity contribution in [2.45, 2.75) is 20.0 Å². The van der Waals surface area contributed by atoms with Gasteiger partial charge in [0.2, 0.25) is 7.37 Å². The van der Waals surface area contributed by atoms with Gasteiger partial charge in [-0.2, -0.15) is 0 Å². The minimum Gasteiger partial charge on any atom is -0.322 e. The van der Waals surface area contributed by atoms with Gasteiger partial charge in [-0.3, -0.25) is 4.57 Å². The van der Waals surface area contributed by atoms with E-state index in [2.05, 4.69) is 6.58 Å². The minimum absolute atomic E-state index is 0.0454. The van der Waals surface area contributed by atoms with E-state index >= 15 is 0 Å². The van der Waals surface area contributed by atoms with Gasteiger partial charge in [0, 0.05) is 11.5 Å². The highest BCUT2D eigenvalue weighted by molar-refractivity contribution is 7.67. The molecule has 0 aliphatic heterocycles. The molecule has 3 heteroatoms. The Hall–Kier alpha value is -0.850. The zero-order valence-electron chi connectivity index (χ0n) is 9.22. The Morgan fingerprint density at radius 2 is 2.00 bits per heavy atom. The van der Waals surface area contributed by atoms with Crippen molar-refractivity contribution in [1.82, 2.24) is 0 Å². The molecule has 0 saturated heterocycles. The van der Waals surface area contributed by atoms with Gasteiger partial charge in [0.25, 0.3) is 0 Å². The van der Waals surface area contributed by atoms with Crippen LogP contribution in [0, 0.1) is 0 Å². The first-order chi connectivity index (χ1) is 7.08. The van der Waals surface area contributed by atoms with E-state index in [4.69, 9.17) is 4.52 Å². The summed E-state index contributed by atoms with van der Waals surface area (Å²) in [6.07, 6.45) is 1.99. The molecule has 0 aromatic heterocycles. The number of allylic oxidation sites excluding steroid dienone is 1. The summed E-state index contributed by atoms with van der Waals surface area (Å²) >= 11 is 0. The second kappa shape index (κ2) is 5.29. The molecule has 0 aliphatic rings. The van der Waals surface area contributed by atoms with Crippen molar-refractivity contribution in [2.75, 3.05) is 6.16 Å². The summed E-state index contributed by atoms with van der Waals surface area (Å²) in [7, 11) is -2.75. The molecule has 1 aromatic carbocycles. The van der Waals surface area contributed by atoms with Gasteiger partial charge in [0.05, 0.1) is 6.10 Å². The molecule has 0 N–H and O–H groups in total. The van der Waals surface area contributed by atoms with E-state index in [1.54, 1.807) is 6.08 Å².